The van der Waals surface area contributed by atoms with Gasteiger partial charge in [-0.1, -0.05) is 31.9 Å². The lowest BCUT2D eigenvalue weighted by Crippen LogP contribution is -2.12. The van der Waals surface area contributed by atoms with Crippen molar-refractivity contribution in [3.8, 4) is 0 Å². The Morgan fingerprint density at radius 2 is 2.11 bits per heavy atom. The highest BCUT2D eigenvalue weighted by Crippen LogP contribution is 2.08. The van der Waals surface area contributed by atoms with E-state index in [1.165, 1.54) is 0 Å². The van der Waals surface area contributed by atoms with E-state index in [1.54, 1.807) is 4.68 Å². The molecule has 1 aromatic heterocycles. The number of hydrogen-bond acceptors (Lipinski definition) is 4. The van der Waals surface area contributed by atoms with Gasteiger partial charge in [0.15, 0.2) is 5.69 Å². The highest BCUT2D eigenvalue weighted by Gasteiger charge is 2.17. The van der Waals surface area contributed by atoms with Gasteiger partial charge in [0.25, 0.3) is 0 Å². The first kappa shape index (κ1) is 14.6. The highest BCUT2D eigenvalue weighted by molar-refractivity contribution is 5.86. The van der Waals surface area contributed by atoms with Gasteiger partial charge in [-0.2, -0.15) is 0 Å². The summed E-state index contributed by atoms with van der Waals surface area (Å²) < 4.78 is 7.08. The van der Waals surface area contributed by atoms with Crippen LogP contribution in [0.5, 0.6) is 0 Å². The van der Waals surface area contributed by atoms with Gasteiger partial charge in [0.1, 0.15) is 0 Å². The molecule has 0 spiro atoms. The number of carboxylic acid groups (broad SMARTS) is 1. The molecule has 18 heavy (non-hydrogen) atoms. The Labute approximate surface area is 107 Å². The molecule has 0 fully saturated rings. The molecular weight excluding hydrogens is 234 g/mol. The number of rotatable bonds is 9. The number of unbranched alkanes of at least 4 members (excludes halogenated alkanes) is 1. The summed E-state index contributed by atoms with van der Waals surface area (Å²) in [6, 6.07) is 0. The molecule has 102 valence electrons. The van der Waals surface area contributed by atoms with Crippen molar-refractivity contribution in [3.63, 3.8) is 0 Å². The third-order valence-corrected chi connectivity index (χ3v) is 2.62. The molecule has 0 saturated carbocycles. The van der Waals surface area contributed by atoms with E-state index in [2.05, 4.69) is 17.2 Å². The van der Waals surface area contributed by atoms with Gasteiger partial charge in [-0.3, -0.25) is 0 Å². The molecule has 0 unspecified atom stereocenters. The molecular formula is C12H21N3O3. The summed E-state index contributed by atoms with van der Waals surface area (Å²) in [6.07, 6.45) is 3.68. The Bertz CT molecular complexity index is 377. The van der Waals surface area contributed by atoms with Crippen LogP contribution in [-0.2, 0) is 17.7 Å². The lowest BCUT2D eigenvalue weighted by molar-refractivity contribution is 0.0689. The molecule has 0 amide bonds. The predicted molar refractivity (Wildman–Crippen MR) is 66.7 cm³/mol. The molecule has 0 radical (unpaired) electrons. The third-order valence-electron chi connectivity index (χ3n) is 2.62. The predicted octanol–water partition coefficient (Wildman–Crippen LogP) is 1.75. The zero-order valence-electron chi connectivity index (χ0n) is 11.1. The maximum Gasteiger partial charge on any atom is 0.358 e. The van der Waals surface area contributed by atoms with Gasteiger partial charge >= 0.3 is 5.97 Å². The lowest BCUT2D eigenvalue weighted by Gasteiger charge is -2.06. The Morgan fingerprint density at radius 3 is 2.72 bits per heavy atom. The van der Waals surface area contributed by atoms with Gasteiger partial charge in [0.2, 0.25) is 0 Å². The molecule has 0 aliphatic heterocycles. The van der Waals surface area contributed by atoms with Crippen LogP contribution in [0, 0.1) is 0 Å². The highest BCUT2D eigenvalue weighted by atomic mass is 16.5. The SMILES string of the molecule is CCCCOCCn1nnc(C(=O)O)c1CCC. The maximum atomic E-state index is 11.0. The van der Waals surface area contributed by atoms with E-state index in [0.29, 0.717) is 25.3 Å². The van der Waals surface area contributed by atoms with E-state index in [9.17, 15) is 4.79 Å². The van der Waals surface area contributed by atoms with E-state index in [0.717, 1.165) is 25.9 Å². The fourth-order valence-electron chi connectivity index (χ4n) is 1.66. The van der Waals surface area contributed by atoms with Crippen LogP contribution < -0.4 is 0 Å². The summed E-state index contributed by atoms with van der Waals surface area (Å²) in [4.78, 5) is 11.0. The van der Waals surface area contributed by atoms with Crippen molar-refractivity contribution < 1.29 is 14.6 Å². The number of nitrogens with zero attached hydrogens (tertiary/aromatic N) is 3. The van der Waals surface area contributed by atoms with Crippen molar-refractivity contribution in [1.82, 2.24) is 15.0 Å². The Balaban J connectivity index is 2.56. The number of hydrogen-bond donors (Lipinski definition) is 1. The average Bonchev–Trinajstić information content (AvgIpc) is 2.73. The molecule has 1 heterocycles. The summed E-state index contributed by atoms with van der Waals surface area (Å²) in [5, 5.41) is 16.6. The molecule has 0 aromatic carbocycles. The Morgan fingerprint density at radius 1 is 1.33 bits per heavy atom. The second-order valence-electron chi connectivity index (χ2n) is 4.13. The fourth-order valence-corrected chi connectivity index (χ4v) is 1.66. The summed E-state index contributed by atoms with van der Waals surface area (Å²) >= 11 is 0. The minimum Gasteiger partial charge on any atom is -0.476 e. The van der Waals surface area contributed by atoms with Crippen LogP contribution in [0.15, 0.2) is 0 Å². The van der Waals surface area contributed by atoms with Gasteiger partial charge in [-0.25, -0.2) is 9.48 Å². The van der Waals surface area contributed by atoms with Crippen molar-refractivity contribution in [2.75, 3.05) is 13.2 Å². The van der Waals surface area contributed by atoms with Gasteiger partial charge in [0, 0.05) is 6.61 Å². The molecule has 0 bridgehead atoms. The quantitative estimate of drug-likeness (QED) is 0.680. The van der Waals surface area contributed by atoms with Gasteiger partial charge in [-0.15, -0.1) is 5.10 Å². The standard InChI is InChI=1S/C12H21N3O3/c1-3-5-8-18-9-7-15-10(6-4-2)11(12(16)17)13-14-15/h3-9H2,1-2H3,(H,16,17). The first-order valence-corrected chi connectivity index (χ1v) is 6.44. The molecule has 0 atom stereocenters. The summed E-state index contributed by atoms with van der Waals surface area (Å²) in [6.45, 7) is 5.94. The van der Waals surface area contributed by atoms with Crippen molar-refractivity contribution >= 4 is 5.97 Å². The van der Waals surface area contributed by atoms with E-state index >= 15 is 0 Å². The number of ether oxygens (including phenoxy) is 1. The van der Waals surface area contributed by atoms with Crippen molar-refractivity contribution in [1.29, 1.82) is 0 Å². The van der Waals surface area contributed by atoms with Crippen LogP contribution >= 0.6 is 0 Å². The minimum absolute atomic E-state index is 0.0606. The number of aromatic carboxylic acids is 1. The first-order chi connectivity index (χ1) is 8.70. The second-order valence-corrected chi connectivity index (χ2v) is 4.13. The zero-order chi connectivity index (χ0) is 13.4. The first-order valence-electron chi connectivity index (χ1n) is 6.44. The molecule has 0 aliphatic rings. The monoisotopic (exact) mass is 255 g/mol. The van der Waals surface area contributed by atoms with E-state index in [-0.39, 0.29) is 5.69 Å². The molecule has 0 aliphatic carbocycles. The van der Waals surface area contributed by atoms with Crippen molar-refractivity contribution in [3.05, 3.63) is 11.4 Å². The lowest BCUT2D eigenvalue weighted by atomic mass is 10.2. The van der Waals surface area contributed by atoms with Crippen LogP contribution in [-0.4, -0.2) is 39.3 Å². The maximum absolute atomic E-state index is 11.0. The topological polar surface area (TPSA) is 77.2 Å². The normalized spacial score (nSPS) is 10.8. The van der Waals surface area contributed by atoms with Crippen LogP contribution in [0.25, 0.3) is 0 Å². The third kappa shape index (κ3) is 4.10. The number of carboxylic acids is 1. The smallest absolute Gasteiger partial charge is 0.358 e. The van der Waals surface area contributed by atoms with Gasteiger partial charge in [-0.05, 0) is 12.8 Å². The van der Waals surface area contributed by atoms with Gasteiger partial charge < -0.3 is 9.84 Å². The minimum atomic E-state index is -1.02. The van der Waals surface area contributed by atoms with Crippen LogP contribution in [0.3, 0.4) is 0 Å². The van der Waals surface area contributed by atoms with E-state index < -0.39 is 5.97 Å². The Kier molecular flexibility index (Phi) is 6.35. The summed E-state index contributed by atoms with van der Waals surface area (Å²) in [5.41, 5.74) is 0.745. The van der Waals surface area contributed by atoms with Gasteiger partial charge in [0.05, 0.1) is 18.8 Å². The average molecular weight is 255 g/mol. The molecule has 0 saturated heterocycles. The van der Waals surface area contributed by atoms with Crippen LogP contribution in [0.4, 0.5) is 0 Å². The second kappa shape index (κ2) is 7.81. The zero-order valence-corrected chi connectivity index (χ0v) is 11.1. The molecule has 1 N–H and O–H groups in total. The number of carbonyl (C=O) groups is 1. The van der Waals surface area contributed by atoms with Crippen LogP contribution in [0.2, 0.25) is 0 Å². The largest absolute Gasteiger partial charge is 0.476 e. The van der Waals surface area contributed by atoms with Crippen molar-refractivity contribution in [2.24, 2.45) is 0 Å². The van der Waals surface area contributed by atoms with Crippen molar-refractivity contribution in [2.45, 2.75) is 46.1 Å². The molecule has 6 heteroatoms. The molecule has 6 nitrogen and oxygen atoms in total. The summed E-state index contributed by atoms with van der Waals surface area (Å²) in [7, 11) is 0. The summed E-state index contributed by atoms with van der Waals surface area (Å²) in [5.74, 6) is -1.02. The molecule has 1 aromatic rings. The van der Waals surface area contributed by atoms with E-state index in [4.69, 9.17) is 9.84 Å². The van der Waals surface area contributed by atoms with E-state index in [1.807, 2.05) is 6.92 Å². The Hall–Kier alpha value is -1.43. The molecule has 1 rings (SSSR count). The number of aromatic nitrogens is 3. The van der Waals surface area contributed by atoms with Crippen LogP contribution in [0.1, 0.15) is 49.3 Å². The fraction of sp³-hybridized carbons (Fsp3) is 0.750.